The summed E-state index contributed by atoms with van der Waals surface area (Å²) in [6.45, 7) is 1.50. The Morgan fingerprint density at radius 3 is 2.53 bits per heavy atom. The van der Waals surface area contributed by atoms with E-state index in [0.717, 1.165) is 11.3 Å². The average Bonchev–Trinajstić information content (AvgIpc) is 2.39. The van der Waals surface area contributed by atoms with Crippen LogP contribution in [0.2, 0.25) is 0 Å². The fourth-order valence-electron chi connectivity index (χ4n) is 2.12. The summed E-state index contributed by atoms with van der Waals surface area (Å²) in [5.41, 5.74) is 1.76. The fraction of sp³-hybridized carbons (Fsp3) is 0.538. The third-order valence-corrected chi connectivity index (χ3v) is 3.22. The molecule has 1 heterocycles. The van der Waals surface area contributed by atoms with Crippen LogP contribution in [0.15, 0.2) is 24.3 Å². The summed E-state index contributed by atoms with van der Waals surface area (Å²) < 4.78 is 5.35. The Kier molecular flexibility index (Phi) is 4.38. The van der Waals surface area contributed by atoms with E-state index in [0.29, 0.717) is 0 Å². The number of rotatable bonds is 3. The van der Waals surface area contributed by atoms with Crippen molar-refractivity contribution in [2.24, 2.45) is 0 Å². The van der Waals surface area contributed by atoms with Crippen LogP contribution in [-0.4, -0.2) is 57.7 Å². The molecule has 5 atom stereocenters. The highest BCUT2D eigenvalue weighted by molar-refractivity contribution is 5.46. The molecule has 0 aliphatic carbocycles. The Morgan fingerprint density at radius 1 is 1.16 bits per heavy atom. The van der Waals surface area contributed by atoms with Gasteiger partial charge in [-0.1, -0.05) is 12.1 Å². The van der Waals surface area contributed by atoms with E-state index in [9.17, 15) is 15.3 Å². The van der Waals surface area contributed by atoms with E-state index >= 15 is 0 Å². The molecule has 0 radical (unpaired) electrons. The first-order chi connectivity index (χ1) is 9.02. The molecular formula is C13H19NO5. The van der Waals surface area contributed by atoms with Gasteiger partial charge in [0.15, 0.2) is 6.23 Å². The average molecular weight is 269 g/mol. The van der Waals surface area contributed by atoms with E-state index in [4.69, 9.17) is 9.84 Å². The molecule has 0 saturated carbocycles. The second-order valence-electron chi connectivity index (χ2n) is 4.76. The van der Waals surface area contributed by atoms with Crippen LogP contribution < -0.4 is 5.32 Å². The molecule has 2 rings (SSSR count). The number of aryl methyl sites for hydroxylation is 1. The van der Waals surface area contributed by atoms with Gasteiger partial charge in [-0.25, -0.2) is 0 Å². The molecule has 0 amide bonds. The van der Waals surface area contributed by atoms with Gasteiger partial charge in [-0.15, -0.1) is 0 Å². The lowest BCUT2D eigenvalue weighted by Gasteiger charge is -2.40. The van der Waals surface area contributed by atoms with E-state index in [2.05, 4.69) is 5.32 Å². The minimum absolute atomic E-state index is 0.434. The lowest BCUT2D eigenvalue weighted by molar-refractivity contribution is -0.221. The molecule has 5 N–H and O–H groups in total. The van der Waals surface area contributed by atoms with Crippen molar-refractivity contribution in [2.45, 2.75) is 37.6 Å². The SMILES string of the molecule is Cc1cccc(NC2O[C@H](CO)[C@@H](O)[C@H](O)[C@H]2O)c1. The minimum atomic E-state index is -1.37. The summed E-state index contributed by atoms with van der Waals surface area (Å²) in [4.78, 5) is 0. The van der Waals surface area contributed by atoms with E-state index in [1.807, 2.05) is 25.1 Å². The van der Waals surface area contributed by atoms with Crippen LogP contribution in [0.3, 0.4) is 0 Å². The Morgan fingerprint density at radius 2 is 1.89 bits per heavy atom. The Labute approximate surface area is 111 Å². The van der Waals surface area contributed by atoms with Crippen LogP contribution in [0.5, 0.6) is 0 Å². The van der Waals surface area contributed by atoms with Gasteiger partial charge >= 0.3 is 0 Å². The molecule has 1 unspecified atom stereocenters. The van der Waals surface area contributed by atoms with Crippen LogP contribution in [0, 0.1) is 6.92 Å². The van der Waals surface area contributed by atoms with Crippen LogP contribution >= 0.6 is 0 Å². The van der Waals surface area contributed by atoms with Crippen LogP contribution in [0.1, 0.15) is 5.56 Å². The molecule has 1 aliphatic rings. The lowest BCUT2D eigenvalue weighted by Crippen LogP contribution is -2.60. The van der Waals surface area contributed by atoms with Crippen molar-refractivity contribution in [3.63, 3.8) is 0 Å². The topological polar surface area (TPSA) is 102 Å². The maximum atomic E-state index is 9.87. The highest BCUT2D eigenvalue weighted by atomic mass is 16.6. The normalized spacial score (nSPS) is 35.1. The summed E-state index contributed by atoms with van der Waals surface area (Å²) in [5, 5.41) is 41.2. The summed E-state index contributed by atoms with van der Waals surface area (Å²) in [5.74, 6) is 0. The highest BCUT2D eigenvalue weighted by Crippen LogP contribution is 2.23. The third-order valence-electron chi connectivity index (χ3n) is 3.22. The molecule has 6 heteroatoms. The number of hydrogen-bond acceptors (Lipinski definition) is 6. The molecule has 1 aliphatic heterocycles. The molecule has 0 spiro atoms. The number of aliphatic hydroxyl groups excluding tert-OH is 4. The zero-order chi connectivity index (χ0) is 14.0. The summed E-state index contributed by atoms with van der Waals surface area (Å²) in [6, 6.07) is 7.44. The van der Waals surface area contributed by atoms with Gasteiger partial charge in [-0.3, -0.25) is 0 Å². The molecule has 1 aromatic carbocycles. The second-order valence-corrected chi connectivity index (χ2v) is 4.76. The Balaban J connectivity index is 2.10. The van der Waals surface area contributed by atoms with Crippen LogP contribution in [0.4, 0.5) is 5.69 Å². The molecule has 1 aromatic rings. The lowest BCUT2D eigenvalue weighted by atomic mass is 9.98. The first kappa shape index (κ1) is 14.2. The van der Waals surface area contributed by atoms with Gasteiger partial charge in [0.2, 0.25) is 0 Å². The number of aliphatic hydroxyl groups is 4. The molecule has 0 aromatic heterocycles. The standard InChI is InChI=1S/C13H19NO5/c1-7-3-2-4-8(5-7)14-13-12(18)11(17)10(16)9(6-15)19-13/h2-5,9-18H,6H2,1H3/t9-,10-,11+,12-,13?/m1/s1. The monoisotopic (exact) mass is 269 g/mol. The van der Waals surface area contributed by atoms with Crippen LogP contribution in [-0.2, 0) is 4.74 Å². The Bertz CT molecular complexity index is 425. The van der Waals surface area contributed by atoms with Gasteiger partial charge in [-0.05, 0) is 24.6 Å². The maximum Gasteiger partial charge on any atom is 0.157 e. The van der Waals surface area contributed by atoms with Crippen molar-refractivity contribution in [3.05, 3.63) is 29.8 Å². The summed E-state index contributed by atoms with van der Waals surface area (Å²) in [6.07, 6.45) is -5.78. The van der Waals surface area contributed by atoms with Gasteiger partial charge in [-0.2, -0.15) is 0 Å². The van der Waals surface area contributed by atoms with Crippen molar-refractivity contribution in [1.29, 1.82) is 0 Å². The predicted molar refractivity (Wildman–Crippen MR) is 68.6 cm³/mol. The predicted octanol–water partition coefficient (Wildman–Crippen LogP) is -0.793. The molecule has 1 saturated heterocycles. The molecule has 6 nitrogen and oxygen atoms in total. The minimum Gasteiger partial charge on any atom is -0.394 e. The Hall–Kier alpha value is -1.18. The van der Waals surface area contributed by atoms with Gasteiger partial charge in [0.05, 0.1) is 6.61 Å². The van der Waals surface area contributed by atoms with E-state index in [1.165, 1.54) is 0 Å². The first-order valence-corrected chi connectivity index (χ1v) is 6.16. The largest absolute Gasteiger partial charge is 0.394 e. The van der Waals surface area contributed by atoms with Crippen molar-refractivity contribution in [2.75, 3.05) is 11.9 Å². The zero-order valence-electron chi connectivity index (χ0n) is 10.6. The second kappa shape index (κ2) is 5.85. The zero-order valence-corrected chi connectivity index (χ0v) is 10.6. The summed E-state index contributed by atoms with van der Waals surface area (Å²) >= 11 is 0. The van der Waals surface area contributed by atoms with Crippen molar-refractivity contribution in [1.82, 2.24) is 0 Å². The number of nitrogens with one attached hydrogen (secondary N) is 1. The van der Waals surface area contributed by atoms with Gasteiger partial charge < -0.3 is 30.5 Å². The first-order valence-electron chi connectivity index (χ1n) is 6.16. The van der Waals surface area contributed by atoms with E-state index in [-0.39, 0.29) is 0 Å². The van der Waals surface area contributed by atoms with Crippen LogP contribution in [0.25, 0.3) is 0 Å². The van der Waals surface area contributed by atoms with Crippen molar-refractivity contribution >= 4 is 5.69 Å². The molecule has 0 bridgehead atoms. The third kappa shape index (κ3) is 3.05. The molecule has 106 valence electrons. The van der Waals surface area contributed by atoms with Gasteiger partial charge in [0, 0.05) is 5.69 Å². The highest BCUT2D eigenvalue weighted by Gasteiger charge is 2.43. The maximum absolute atomic E-state index is 9.87. The number of anilines is 1. The molecule has 19 heavy (non-hydrogen) atoms. The fourth-order valence-corrected chi connectivity index (χ4v) is 2.12. The van der Waals surface area contributed by atoms with Crippen molar-refractivity contribution in [3.8, 4) is 0 Å². The van der Waals surface area contributed by atoms with E-state index in [1.54, 1.807) is 6.07 Å². The molecule has 1 fully saturated rings. The van der Waals surface area contributed by atoms with E-state index < -0.39 is 37.3 Å². The smallest absolute Gasteiger partial charge is 0.157 e. The number of hydrogen-bond donors (Lipinski definition) is 5. The van der Waals surface area contributed by atoms with Crippen molar-refractivity contribution < 1.29 is 25.2 Å². The van der Waals surface area contributed by atoms with Gasteiger partial charge in [0.1, 0.15) is 24.4 Å². The molecular weight excluding hydrogens is 250 g/mol. The number of ether oxygens (including phenoxy) is 1. The quantitative estimate of drug-likeness (QED) is 0.493. The summed E-state index contributed by atoms with van der Waals surface area (Å²) in [7, 11) is 0. The number of benzene rings is 1. The van der Waals surface area contributed by atoms with Gasteiger partial charge in [0.25, 0.3) is 0 Å².